The summed E-state index contributed by atoms with van der Waals surface area (Å²) in [5, 5.41) is 0.880. The normalized spacial score (nSPS) is 10.9. The van der Waals surface area contributed by atoms with Crippen molar-refractivity contribution >= 4 is 28.5 Å². The first-order chi connectivity index (χ1) is 13.0. The maximum Gasteiger partial charge on any atom is 0.221 e. The average Bonchev–Trinajstić information content (AvgIpc) is 2.67. The first-order valence-electron chi connectivity index (χ1n) is 8.08. The predicted octanol–water partition coefficient (Wildman–Crippen LogP) is 4.74. The average molecular weight is 381 g/mol. The Labute approximate surface area is 159 Å². The van der Waals surface area contributed by atoms with Gasteiger partial charge in [0.25, 0.3) is 0 Å². The Morgan fingerprint density at radius 2 is 1.67 bits per heavy atom. The molecule has 0 spiro atoms. The van der Waals surface area contributed by atoms with E-state index in [1.807, 2.05) is 24.3 Å². The van der Waals surface area contributed by atoms with E-state index in [2.05, 4.69) is 15.0 Å². The van der Waals surface area contributed by atoms with Crippen LogP contribution in [0.25, 0.3) is 33.4 Å². The smallest absolute Gasteiger partial charge is 0.221 e. The summed E-state index contributed by atoms with van der Waals surface area (Å²) in [5.41, 5.74) is 9.06. The number of fused-ring (bicyclic) bond motifs is 1. The highest BCUT2D eigenvalue weighted by Gasteiger charge is 2.13. The van der Waals surface area contributed by atoms with E-state index in [9.17, 15) is 4.39 Å². The molecular formula is C20H14ClFN4O. The van der Waals surface area contributed by atoms with Crippen molar-refractivity contribution in [2.45, 2.75) is 0 Å². The van der Waals surface area contributed by atoms with Gasteiger partial charge in [-0.05, 0) is 54.6 Å². The van der Waals surface area contributed by atoms with Crippen molar-refractivity contribution < 1.29 is 9.13 Å². The van der Waals surface area contributed by atoms with Gasteiger partial charge in [0.1, 0.15) is 16.7 Å². The number of nitrogens with zero attached hydrogens (tertiary/aromatic N) is 3. The summed E-state index contributed by atoms with van der Waals surface area (Å²) in [6.07, 6.45) is 0. The van der Waals surface area contributed by atoms with Crippen molar-refractivity contribution in [1.29, 1.82) is 0 Å². The first-order valence-corrected chi connectivity index (χ1v) is 8.46. The van der Waals surface area contributed by atoms with Gasteiger partial charge in [0.05, 0.1) is 24.0 Å². The number of aromatic nitrogens is 3. The number of pyridine rings is 1. The quantitative estimate of drug-likeness (QED) is 0.519. The number of benzene rings is 2. The molecule has 0 atom stereocenters. The van der Waals surface area contributed by atoms with Crippen LogP contribution in [0.1, 0.15) is 0 Å². The third-order valence-corrected chi connectivity index (χ3v) is 4.42. The fraction of sp³-hybridized carbons (Fsp3) is 0.0500. The number of nitrogens with two attached hydrogens (primary N) is 1. The van der Waals surface area contributed by atoms with Crippen LogP contribution in [0.2, 0.25) is 5.15 Å². The van der Waals surface area contributed by atoms with E-state index < -0.39 is 0 Å². The molecule has 0 unspecified atom stereocenters. The maximum atomic E-state index is 13.6. The Balaban J connectivity index is 1.85. The van der Waals surface area contributed by atoms with Gasteiger partial charge in [-0.25, -0.2) is 19.3 Å². The molecule has 0 aliphatic heterocycles. The highest BCUT2D eigenvalue weighted by Crippen LogP contribution is 2.32. The van der Waals surface area contributed by atoms with Crippen molar-refractivity contribution in [3.05, 3.63) is 65.6 Å². The minimum absolute atomic E-state index is 0.105. The molecule has 2 heterocycles. The topological polar surface area (TPSA) is 73.9 Å². The lowest BCUT2D eigenvalue weighted by Gasteiger charge is -2.09. The van der Waals surface area contributed by atoms with Gasteiger partial charge in [0.15, 0.2) is 0 Å². The third kappa shape index (κ3) is 3.39. The number of methoxy groups -OCH3 is 1. The van der Waals surface area contributed by atoms with Crippen LogP contribution in [0.5, 0.6) is 5.75 Å². The fourth-order valence-electron chi connectivity index (χ4n) is 2.82. The number of ether oxygens (including phenoxy) is 1. The summed E-state index contributed by atoms with van der Waals surface area (Å²) in [5.74, 6) is 0.497. The van der Waals surface area contributed by atoms with Crippen LogP contribution in [-0.4, -0.2) is 22.1 Å². The molecule has 2 aromatic heterocycles. The molecule has 5 nitrogen and oxygen atoms in total. The number of halogens is 2. The predicted molar refractivity (Wildman–Crippen MR) is 104 cm³/mol. The summed E-state index contributed by atoms with van der Waals surface area (Å²) < 4.78 is 18.7. The van der Waals surface area contributed by atoms with E-state index >= 15 is 0 Å². The molecule has 0 radical (unpaired) electrons. The standard InChI is InChI=1S/C20H14ClFN4O/c1-27-14-5-2-11(3-6-14)17-10-18(26-20(23)25-17)15-9-12-8-13(22)4-7-16(12)24-19(15)21/h2-10H,1H3,(H2,23,25,26). The van der Waals surface area contributed by atoms with E-state index in [1.165, 1.54) is 12.1 Å². The van der Waals surface area contributed by atoms with Gasteiger partial charge in [-0.15, -0.1) is 0 Å². The summed E-state index contributed by atoms with van der Waals surface area (Å²) in [6, 6.07) is 15.3. The van der Waals surface area contributed by atoms with Crippen LogP contribution in [0, 0.1) is 5.82 Å². The van der Waals surface area contributed by atoms with Gasteiger partial charge >= 0.3 is 0 Å². The zero-order chi connectivity index (χ0) is 19.0. The van der Waals surface area contributed by atoms with Crippen LogP contribution in [0.4, 0.5) is 10.3 Å². The summed E-state index contributed by atoms with van der Waals surface area (Å²) in [6.45, 7) is 0. The molecule has 27 heavy (non-hydrogen) atoms. The van der Waals surface area contributed by atoms with Crippen molar-refractivity contribution in [2.75, 3.05) is 12.8 Å². The number of anilines is 1. The second-order valence-electron chi connectivity index (χ2n) is 5.89. The monoisotopic (exact) mass is 380 g/mol. The number of nitrogen functional groups attached to an aromatic ring is 1. The summed E-state index contributed by atoms with van der Waals surface area (Å²) in [4.78, 5) is 12.9. The third-order valence-electron chi connectivity index (χ3n) is 4.14. The van der Waals surface area contributed by atoms with Gasteiger partial charge < -0.3 is 10.5 Å². The molecule has 4 aromatic rings. The molecule has 7 heteroatoms. The van der Waals surface area contributed by atoms with Gasteiger partial charge in [-0.3, -0.25) is 0 Å². The van der Waals surface area contributed by atoms with Crippen LogP contribution < -0.4 is 10.5 Å². The largest absolute Gasteiger partial charge is 0.497 e. The highest BCUT2D eigenvalue weighted by molar-refractivity contribution is 6.32. The Morgan fingerprint density at radius 3 is 2.41 bits per heavy atom. The molecule has 2 N–H and O–H groups in total. The van der Waals surface area contributed by atoms with Gasteiger partial charge in [0.2, 0.25) is 5.95 Å². The van der Waals surface area contributed by atoms with Gasteiger partial charge in [-0.1, -0.05) is 11.6 Å². The van der Waals surface area contributed by atoms with Gasteiger partial charge in [0, 0.05) is 16.5 Å². The molecule has 0 fully saturated rings. The molecule has 0 saturated heterocycles. The first kappa shape index (κ1) is 17.2. The van der Waals surface area contributed by atoms with Crippen LogP contribution in [-0.2, 0) is 0 Å². The minimum Gasteiger partial charge on any atom is -0.497 e. The molecule has 0 aliphatic carbocycles. The number of hydrogen-bond donors (Lipinski definition) is 1. The lowest BCUT2D eigenvalue weighted by molar-refractivity contribution is 0.415. The zero-order valence-electron chi connectivity index (χ0n) is 14.3. The van der Waals surface area contributed by atoms with E-state index in [1.54, 1.807) is 25.3 Å². The molecule has 4 rings (SSSR count). The summed E-state index contributed by atoms with van der Waals surface area (Å²) in [7, 11) is 1.60. The van der Waals surface area contributed by atoms with Crippen molar-refractivity contribution in [3.63, 3.8) is 0 Å². The second kappa shape index (κ2) is 6.81. The molecule has 134 valence electrons. The van der Waals surface area contributed by atoms with Crippen LogP contribution >= 0.6 is 11.6 Å². The number of hydrogen-bond acceptors (Lipinski definition) is 5. The maximum absolute atomic E-state index is 13.6. The Bertz CT molecular complexity index is 1150. The molecular weight excluding hydrogens is 367 g/mol. The molecule has 0 saturated carbocycles. The Morgan fingerprint density at radius 1 is 0.926 bits per heavy atom. The Kier molecular flexibility index (Phi) is 4.33. The fourth-order valence-corrected chi connectivity index (χ4v) is 3.06. The van der Waals surface area contributed by atoms with Crippen molar-refractivity contribution in [1.82, 2.24) is 15.0 Å². The van der Waals surface area contributed by atoms with Crippen molar-refractivity contribution in [3.8, 4) is 28.3 Å². The van der Waals surface area contributed by atoms with Crippen LogP contribution in [0.15, 0.2) is 54.6 Å². The lowest BCUT2D eigenvalue weighted by Crippen LogP contribution is -1.99. The van der Waals surface area contributed by atoms with Crippen molar-refractivity contribution in [2.24, 2.45) is 0 Å². The molecule has 2 aromatic carbocycles. The SMILES string of the molecule is COc1ccc(-c2cc(-c3cc4cc(F)ccc4nc3Cl)nc(N)n2)cc1. The minimum atomic E-state index is -0.348. The second-order valence-corrected chi connectivity index (χ2v) is 6.25. The van der Waals surface area contributed by atoms with E-state index in [0.29, 0.717) is 27.9 Å². The van der Waals surface area contributed by atoms with Crippen LogP contribution in [0.3, 0.4) is 0 Å². The lowest BCUT2D eigenvalue weighted by atomic mass is 10.1. The zero-order valence-corrected chi connectivity index (χ0v) is 15.0. The Hall–Kier alpha value is -3.25. The molecule has 0 bridgehead atoms. The van der Waals surface area contributed by atoms with Gasteiger partial charge in [-0.2, -0.15) is 0 Å². The molecule has 0 amide bonds. The number of rotatable bonds is 3. The van der Waals surface area contributed by atoms with E-state index in [0.717, 1.165) is 11.3 Å². The van der Waals surface area contributed by atoms with E-state index in [-0.39, 0.29) is 16.9 Å². The summed E-state index contributed by atoms with van der Waals surface area (Å²) >= 11 is 6.35. The van der Waals surface area contributed by atoms with E-state index in [4.69, 9.17) is 22.1 Å². The molecule has 0 aliphatic rings. The highest BCUT2D eigenvalue weighted by atomic mass is 35.5.